The van der Waals surface area contributed by atoms with Gasteiger partial charge in [-0.2, -0.15) is 0 Å². The first-order chi connectivity index (χ1) is 15.9. The summed E-state index contributed by atoms with van der Waals surface area (Å²) < 4.78 is 24.5. The van der Waals surface area contributed by atoms with E-state index in [0.717, 1.165) is 61.4 Å². The highest BCUT2D eigenvalue weighted by Gasteiger charge is 2.35. The van der Waals surface area contributed by atoms with E-state index >= 15 is 0 Å². The Bertz CT molecular complexity index is 909. The predicted molar refractivity (Wildman–Crippen MR) is 129 cm³/mol. The van der Waals surface area contributed by atoms with Crippen LogP contribution in [0.3, 0.4) is 0 Å². The van der Waals surface area contributed by atoms with Gasteiger partial charge in [0.05, 0.1) is 48.6 Å². The molecule has 0 fully saturated rings. The number of allylic oxidation sites excluding steroid dienone is 4. The highest BCUT2D eigenvalue weighted by atomic mass is 16.5. The Hall–Kier alpha value is -1.85. The van der Waals surface area contributed by atoms with Crippen LogP contribution < -0.4 is 5.43 Å². The quantitative estimate of drug-likeness (QED) is 0.425. The molecule has 0 aliphatic heterocycles. The summed E-state index contributed by atoms with van der Waals surface area (Å²) in [5.74, 6) is 2.53. The molecule has 3 aliphatic rings. The van der Waals surface area contributed by atoms with E-state index in [9.17, 15) is 4.79 Å². The molecule has 1 aromatic rings. The van der Waals surface area contributed by atoms with Crippen LogP contribution in [0.25, 0.3) is 0 Å². The largest absolute Gasteiger partial charge is 0.496 e. The lowest BCUT2D eigenvalue weighted by Crippen LogP contribution is -2.34. The fourth-order valence-electron chi connectivity index (χ4n) is 5.31. The van der Waals surface area contributed by atoms with Crippen LogP contribution in [0.4, 0.5) is 0 Å². The Balaban J connectivity index is 1.50. The fraction of sp³-hybridized carbons (Fsp3) is 0.679. The molecular formula is C28H40O5. The Kier molecular flexibility index (Phi) is 8.13. The average Bonchev–Trinajstić information content (AvgIpc) is 2.78. The normalized spacial score (nSPS) is 27.5. The van der Waals surface area contributed by atoms with Crippen LogP contribution in [-0.4, -0.2) is 24.9 Å². The van der Waals surface area contributed by atoms with Gasteiger partial charge >= 0.3 is 0 Å². The van der Waals surface area contributed by atoms with E-state index in [-0.39, 0.29) is 35.8 Å². The molecule has 0 radical (unpaired) electrons. The summed E-state index contributed by atoms with van der Waals surface area (Å²) in [5, 5.41) is 0. The second-order valence-electron chi connectivity index (χ2n) is 10.4. The molecule has 0 aromatic carbocycles. The maximum Gasteiger partial charge on any atom is 0.194 e. The number of hydrogen-bond acceptors (Lipinski definition) is 5. The molecule has 4 atom stereocenters. The van der Waals surface area contributed by atoms with Gasteiger partial charge in [-0.05, 0) is 77.7 Å². The summed E-state index contributed by atoms with van der Waals surface area (Å²) in [6.45, 7) is 8.89. The van der Waals surface area contributed by atoms with Gasteiger partial charge in [0, 0.05) is 24.8 Å². The second kappa shape index (κ2) is 11.1. The van der Waals surface area contributed by atoms with Crippen molar-refractivity contribution in [2.24, 2.45) is 5.92 Å². The Labute approximate surface area is 198 Å². The van der Waals surface area contributed by atoms with Gasteiger partial charge in [-0.1, -0.05) is 12.2 Å². The van der Waals surface area contributed by atoms with E-state index in [2.05, 4.69) is 18.2 Å². The smallest absolute Gasteiger partial charge is 0.194 e. The van der Waals surface area contributed by atoms with Gasteiger partial charge in [0.2, 0.25) is 0 Å². The molecule has 0 N–H and O–H groups in total. The highest BCUT2D eigenvalue weighted by Crippen LogP contribution is 2.37. The van der Waals surface area contributed by atoms with Crippen molar-refractivity contribution in [1.82, 2.24) is 0 Å². The summed E-state index contributed by atoms with van der Waals surface area (Å²) in [6.07, 6.45) is 15.6. The van der Waals surface area contributed by atoms with E-state index in [1.165, 1.54) is 6.42 Å². The molecule has 1 aromatic heterocycles. The summed E-state index contributed by atoms with van der Waals surface area (Å²) in [6, 6.07) is 0. The van der Waals surface area contributed by atoms with E-state index in [1.54, 1.807) is 6.26 Å². The van der Waals surface area contributed by atoms with Crippen LogP contribution in [0.15, 0.2) is 39.5 Å². The minimum Gasteiger partial charge on any atom is -0.496 e. The fourth-order valence-corrected chi connectivity index (χ4v) is 5.31. The molecule has 5 heteroatoms. The molecule has 0 amide bonds. The van der Waals surface area contributed by atoms with Gasteiger partial charge in [-0.25, -0.2) is 0 Å². The van der Waals surface area contributed by atoms with Crippen molar-refractivity contribution >= 4 is 0 Å². The molecule has 0 spiro atoms. The summed E-state index contributed by atoms with van der Waals surface area (Å²) in [7, 11) is 0. The molecule has 3 aliphatic carbocycles. The molecule has 0 bridgehead atoms. The standard InChI is InChI=1S/C28H40O5/c1-18(2)32-22-12-10-21(11-13-22)24-17-31-25-14-23(30-16-20-8-6-5-7-9-20)15-26(33-19(3)4)27(25)28(24)29/h5-6,12,17-21,23,26H,7-11,13-16H2,1-4H3/t20-,21-,23-,26-/m0/s1. The van der Waals surface area contributed by atoms with E-state index in [4.69, 9.17) is 18.6 Å². The molecule has 4 rings (SSSR count). The highest BCUT2D eigenvalue weighted by molar-refractivity contribution is 5.31. The van der Waals surface area contributed by atoms with Crippen molar-refractivity contribution in [3.8, 4) is 0 Å². The molecule has 0 saturated carbocycles. The van der Waals surface area contributed by atoms with Crippen LogP contribution in [-0.2, 0) is 20.6 Å². The lowest BCUT2D eigenvalue weighted by atomic mass is 9.84. The van der Waals surface area contributed by atoms with Gasteiger partial charge in [-0.15, -0.1) is 0 Å². The van der Waals surface area contributed by atoms with Crippen LogP contribution >= 0.6 is 0 Å². The Morgan fingerprint density at radius 3 is 2.61 bits per heavy atom. The minimum absolute atomic E-state index is 0.0227. The first-order valence-electron chi connectivity index (χ1n) is 12.8. The van der Waals surface area contributed by atoms with Crippen LogP contribution in [0.5, 0.6) is 0 Å². The number of hydrogen-bond donors (Lipinski definition) is 0. The third kappa shape index (κ3) is 6.19. The van der Waals surface area contributed by atoms with Crippen molar-refractivity contribution in [3.05, 3.63) is 57.4 Å². The predicted octanol–water partition coefficient (Wildman–Crippen LogP) is 6.37. The summed E-state index contributed by atoms with van der Waals surface area (Å²) >= 11 is 0. The first kappa shape index (κ1) is 24.3. The monoisotopic (exact) mass is 456 g/mol. The van der Waals surface area contributed by atoms with Crippen LogP contribution in [0.1, 0.15) is 102 Å². The lowest BCUT2D eigenvalue weighted by molar-refractivity contribution is -0.0600. The molecule has 0 saturated heterocycles. The third-order valence-electron chi connectivity index (χ3n) is 6.93. The van der Waals surface area contributed by atoms with Gasteiger partial charge in [-0.3, -0.25) is 4.79 Å². The minimum atomic E-state index is -0.278. The van der Waals surface area contributed by atoms with Gasteiger partial charge in [0.1, 0.15) is 5.76 Å². The molecular weight excluding hydrogens is 416 g/mol. The third-order valence-corrected chi connectivity index (χ3v) is 6.93. The average molecular weight is 457 g/mol. The second-order valence-corrected chi connectivity index (χ2v) is 10.4. The molecule has 0 unspecified atom stereocenters. The van der Waals surface area contributed by atoms with Crippen LogP contribution in [0, 0.1) is 5.92 Å². The number of ether oxygens (including phenoxy) is 3. The zero-order valence-electron chi connectivity index (χ0n) is 20.7. The maximum atomic E-state index is 13.6. The number of rotatable bonds is 8. The van der Waals surface area contributed by atoms with Gasteiger partial charge < -0.3 is 18.6 Å². The lowest BCUT2D eigenvalue weighted by Gasteiger charge is -2.33. The molecule has 1 heterocycles. The molecule has 33 heavy (non-hydrogen) atoms. The van der Waals surface area contributed by atoms with Crippen molar-refractivity contribution in [1.29, 1.82) is 0 Å². The topological polar surface area (TPSA) is 57.9 Å². The van der Waals surface area contributed by atoms with Gasteiger partial charge in [0.25, 0.3) is 0 Å². The van der Waals surface area contributed by atoms with Crippen LogP contribution in [0.2, 0.25) is 0 Å². The van der Waals surface area contributed by atoms with E-state index in [1.807, 2.05) is 27.7 Å². The van der Waals surface area contributed by atoms with Crippen molar-refractivity contribution in [2.45, 2.75) is 109 Å². The molecule has 182 valence electrons. The maximum absolute atomic E-state index is 13.6. The number of fused-ring (bicyclic) bond motifs is 1. The molecule has 5 nitrogen and oxygen atoms in total. The first-order valence-corrected chi connectivity index (χ1v) is 12.8. The van der Waals surface area contributed by atoms with Crippen molar-refractivity contribution < 1.29 is 18.6 Å². The Morgan fingerprint density at radius 2 is 1.94 bits per heavy atom. The van der Waals surface area contributed by atoms with Gasteiger partial charge in [0.15, 0.2) is 5.43 Å². The zero-order valence-corrected chi connectivity index (χ0v) is 20.7. The Morgan fingerprint density at radius 1 is 1.09 bits per heavy atom. The summed E-state index contributed by atoms with van der Waals surface area (Å²) in [4.78, 5) is 13.6. The van der Waals surface area contributed by atoms with Crippen molar-refractivity contribution in [3.63, 3.8) is 0 Å². The van der Waals surface area contributed by atoms with E-state index < -0.39 is 0 Å². The SMILES string of the molecule is CC(C)OC1=CC[C@H](c2coc3c(c2=O)[C@@H](OC(C)C)C[C@@H](OC[C@H]2CC=CCC2)C3)CC1. The zero-order chi connectivity index (χ0) is 23.4. The summed E-state index contributed by atoms with van der Waals surface area (Å²) in [5.41, 5.74) is 1.60. The van der Waals surface area contributed by atoms with E-state index in [0.29, 0.717) is 18.8 Å². The van der Waals surface area contributed by atoms with Crippen molar-refractivity contribution in [2.75, 3.05) is 6.61 Å².